The molecule has 3 aromatic rings. The van der Waals surface area contributed by atoms with Gasteiger partial charge in [-0.15, -0.1) is 0 Å². The molecule has 3 heterocycles. The van der Waals surface area contributed by atoms with E-state index in [1.807, 2.05) is 48.7 Å². The highest BCUT2D eigenvalue weighted by Gasteiger charge is 2.19. The van der Waals surface area contributed by atoms with Crippen LogP contribution in [0, 0.1) is 0 Å². The molecular formula is C22H23N5O2. The normalized spacial score (nSPS) is 13.8. The Labute approximate surface area is 170 Å². The number of rotatable bonds is 5. The third kappa shape index (κ3) is 4.45. The molecule has 0 saturated carbocycles. The number of carbonyl (C=O) groups is 1. The molecule has 0 radical (unpaired) electrons. The standard InChI is InChI=1S/C22H23N5O2/c1-29-20-6-4-5-18(14-20)25-22(28)17-13-19(16-23-15-17)26-9-11-27(12-10-26)21-7-2-3-8-24-21/h2-8,13-16H,9-12H2,1H3,(H,25,28). The lowest BCUT2D eigenvalue weighted by Crippen LogP contribution is -2.46. The number of nitrogens with zero attached hydrogens (tertiary/aromatic N) is 4. The van der Waals surface area contributed by atoms with Gasteiger partial charge in [0.25, 0.3) is 5.91 Å². The smallest absolute Gasteiger partial charge is 0.257 e. The van der Waals surface area contributed by atoms with Crippen LogP contribution < -0.4 is 19.9 Å². The Bertz CT molecular complexity index is 972. The zero-order valence-electron chi connectivity index (χ0n) is 16.3. The van der Waals surface area contributed by atoms with Crippen LogP contribution >= 0.6 is 0 Å². The van der Waals surface area contributed by atoms with Crippen LogP contribution in [0.5, 0.6) is 5.75 Å². The van der Waals surface area contributed by atoms with E-state index in [-0.39, 0.29) is 5.91 Å². The number of aromatic nitrogens is 2. The minimum absolute atomic E-state index is 0.195. The van der Waals surface area contributed by atoms with Crippen molar-refractivity contribution in [1.82, 2.24) is 9.97 Å². The number of hydrogen-bond acceptors (Lipinski definition) is 6. The van der Waals surface area contributed by atoms with E-state index in [1.165, 1.54) is 0 Å². The van der Waals surface area contributed by atoms with Crippen LogP contribution in [-0.4, -0.2) is 49.2 Å². The molecule has 0 atom stereocenters. The first-order chi connectivity index (χ1) is 14.2. The number of carbonyl (C=O) groups excluding carboxylic acids is 1. The van der Waals surface area contributed by atoms with Gasteiger partial charge in [0, 0.05) is 50.3 Å². The van der Waals surface area contributed by atoms with Gasteiger partial charge in [0.1, 0.15) is 11.6 Å². The van der Waals surface area contributed by atoms with Crippen molar-refractivity contribution in [1.29, 1.82) is 0 Å². The second-order valence-electron chi connectivity index (χ2n) is 6.78. The van der Waals surface area contributed by atoms with Crippen molar-refractivity contribution in [2.45, 2.75) is 0 Å². The van der Waals surface area contributed by atoms with E-state index in [0.29, 0.717) is 17.0 Å². The molecule has 7 heteroatoms. The SMILES string of the molecule is COc1cccc(NC(=O)c2cncc(N3CCN(c4ccccn4)CC3)c2)c1. The fourth-order valence-electron chi connectivity index (χ4n) is 3.36. The van der Waals surface area contributed by atoms with Crippen molar-refractivity contribution in [3.63, 3.8) is 0 Å². The number of nitrogens with one attached hydrogen (secondary N) is 1. The van der Waals surface area contributed by atoms with Crippen LogP contribution in [0.15, 0.2) is 67.1 Å². The van der Waals surface area contributed by atoms with Crippen molar-refractivity contribution < 1.29 is 9.53 Å². The van der Waals surface area contributed by atoms with Gasteiger partial charge in [-0.3, -0.25) is 9.78 Å². The number of pyridine rings is 2. The van der Waals surface area contributed by atoms with Crippen molar-refractivity contribution in [3.8, 4) is 5.75 Å². The zero-order valence-corrected chi connectivity index (χ0v) is 16.3. The van der Waals surface area contributed by atoms with Gasteiger partial charge in [-0.05, 0) is 30.3 Å². The van der Waals surface area contributed by atoms with E-state index in [2.05, 4.69) is 25.1 Å². The van der Waals surface area contributed by atoms with Crippen LogP contribution in [0.2, 0.25) is 0 Å². The molecule has 4 rings (SSSR count). The summed E-state index contributed by atoms with van der Waals surface area (Å²) >= 11 is 0. The van der Waals surface area contributed by atoms with E-state index < -0.39 is 0 Å². The van der Waals surface area contributed by atoms with E-state index >= 15 is 0 Å². The van der Waals surface area contributed by atoms with E-state index in [9.17, 15) is 4.79 Å². The molecule has 0 aliphatic carbocycles. The van der Waals surface area contributed by atoms with Crippen molar-refractivity contribution in [2.75, 3.05) is 48.4 Å². The number of ether oxygens (including phenoxy) is 1. The number of hydrogen-bond donors (Lipinski definition) is 1. The summed E-state index contributed by atoms with van der Waals surface area (Å²) in [6, 6.07) is 15.1. The summed E-state index contributed by atoms with van der Waals surface area (Å²) in [5.41, 5.74) is 2.16. The highest BCUT2D eigenvalue weighted by molar-refractivity contribution is 6.04. The Balaban J connectivity index is 1.41. The highest BCUT2D eigenvalue weighted by atomic mass is 16.5. The van der Waals surface area contributed by atoms with Crippen LogP contribution in [0.25, 0.3) is 0 Å². The summed E-state index contributed by atoms with van der Waals surface area (Å²) in [5.74, 6) is 1.50. The zero-order chi connectivity index (χ0) is 20.1. The molecule has 0 unspecified atom stereocenters. The van der Waals surface area contributed by atoms with Crippen LogP contribution in [0.1, 0.15) is 10.4 Å². The molecule has 1 N–H and O–H groups in total. The largest absolute Gasteiger partial charge is 0.497 e. The highest BCUT2D eigenvalue weighted by Crippen LogP contribution is 2.21. The molecule has 29 heavy (non-hydrogen) atoms. The summed E-state index contributed by atoms with van der Waals surface area (Å²) in [5, 5.41) is 2.90. The summed E-state index contributed by atoms with van der Waals surface area (Å²) in [6.07, 6.45) is 5.21. The van der Waals surface area contributed by atoms with Crippen molar-refractivity contribution in [2.24, 2.45) is 0 Å². The average molecular weight is 389 g/mol. The Kier molecular flexibility index (Phi) is 5.56. The molecule has 0 spiro atoms. The number of amides is 1. The predicted octanol–water partition coefficient (Wildman–Crippen LogP) is 3.06. The maximum absolute atomic E-state index is 12.7. The fourth-order valence-corrected chi connectivity index (χ4v) is 3.36. The molecule has 0 bridgehead atoms. The van der Waals surface area contributed by atoms with Crippen molar-refractivity contribution >= 4 is 23.1 Å². The lowest BCUT2D eigenvalue weighted by atomic mass is 10.2. The second-order valence-corrected chi connectivity index (χ2v) is 6.78. The van der Waals surface area contributed by atoms with Crippen LogP contribution in [0.4, 0.5) is 17.2 Å². The van der Waals surface area contributed by atoms with Crippen molar-refractivity contribution in [3.05, 3.63) is 72.7 Å². The third-order valence-corrected chi connectivity index (χ3v) is 4.93. The van der Waals surface area contributed by atoms with Gasteiger partial charge in [0.05, 0.1) is 24.6 Å². The lowest BCUT2D eigenvalue weighted by Gasteiger charge is -2.36. The third-order valence-electron chi connectivity index (χ3n) is 4.93. The maximum Gasteiger partial charge on any atom is 0.257 e. The Morgan fingerprint density at radius 3 is 2.59 bits per heavy atom. The summed E-state index contributed by atoms with van der Waals surface area (Å²) in [6.45, 7) is 3.44. The molecule has 1 fully saturated rings. The molecule has 7 nitrogen and oxygen atoms in total. The topological polar surface area (TPSA) is 70.6 Å². The number of benzene rings is 1. The molecular weight excluding hydrogens is 366 g/mol. The van der Waals surface area contributed by atoms with E-state index in [1.54, 1.807) is 25.6 Å². The lowest BCUT2D eigenvalue weighted by molar-refractivity contribution is 0.102. The molecule has 1 saturated heterocycles. The molecule has 148 valence electrons. The maximum atomic E-state index is 12.7. The number of methoxy groups -OCH3 is 1. The number of piperazine rings is 1. The quantitative estimate of drug-likeness (QED) is 0.723. The van der Waals surface area contributed by atoms with E-state index in [4.69, 9.17) is 4.74 Å². The first-order valence-electron chi connectivity index (χ1n) is 9.54. The van der Waals surface area contributed by atoms with Gasteiger partial charge in [0.2, 0.25) is 0 Å². The molecule has 1 amide bonds. The molecule has 1 aromatic carbocycles. The summed E-state index contributed by atoms with van der Waals surface area (Å²) in [7, 11) is 1.60. The molecule has 2 aromatic heterocycles. The second kappa shape index (κ2) is 8.60. The van der Waals surface area contributed by atoms with Crippen LogP contribution in [-0.2, 0) is 0 Å². The summed E-state index contributed by atoms with van der Waals surface area (Å²) < 4.78 is 5.20. The van der Waals surface area contributed by atoms with Gasteiger partial charge in [0.15, 0.2) is 0 Å². The Morgan fingerprint density at radius 1 is 1.00 bits per heavy atom. The first-order valence-corrected chi connectivity index (χ1v) is 9.54. The van der Waals surface area contributed by atoms with Gasteiger partial charge < -0.3 is 19.9 Å². The first kappa shape index (κ1) is 18.7. The predicted molar refractivity (Wildman–Crippen MR) is 114 cm³/mol. The summed E-state index contributed by atoms with van der Waals surface area (Å²) in [4.78, 5) is 25.9. The van der Waals surface area contributed by atoms with Crippen LogP contribution in [0.3, 0.4) is 0 Å². The average Bonchev–Trinajstić information content (AvgIpc) is 2.80. The molecule has 1 aliphatic rings. The van der Waals surface area contributed by atoms with Gasteiger partial charge in [-0.25, -0.2) is 4.98 Å². The van der Waals surface area contributed by atoms with E-state index in [0.717, 1.165) is 37.7 Å². The Morgan fingerprint density at radius 2 is 1.83 bits per heavy atom. The minimum atomic E-state index is -0.195. The Hall–Kier alpha value is -3.61. The minimum Gasteiger partial charge on any atom is -0.497 e. The van der Waals surface area contributed by atoms with Gasteiger partial charge in [-0.1, -0.05) is 12.1 Å². The number of anilines is 3. The molecule has 1 aliphatic heterocycles. The fraction of sp³-hybridized carbons (Fsp3) is 0.227. The van der Waals surface area contributed by atoms with Gasteiger partial charge in [-0.2, -0.15) is 0 Å². The van der Waals surface area contributed by atoms with Gasteiger partial charge >= 0.3 is 0 Å². The monoisotopic (exact) mass is 389 g/mol.